The number of likely N-dealkylation sites (tertiary alicyclic amines) is 2. The molecular weight excluding hydrogens is 316 g/mol. The number of carboxylic acids is 1. The molecule has 2 aliphatic rings. The van der Waals surface area contributed by atoms with E-state index in [9.17, 15) is 14.7 Å². The van der Waals surface area contributed by atoms with Gasteiger partial charge in [0.15, 0.2) is 0 Å². The van der Waals surface area contributed by atoms with Crippen LogP contribution >= 0.6 is 0 Å². The molecule has 0 radical (unpaired) electrons. The Kier molecular flexibility index (Phi) is 5.42. The van der Waals surface area contributed by atoms with Crippen molar-refractivity contribution in [2.24, 2.45) is 5.92 Å². The molecule has 1 atom stereocenters. The Balaban J connectivity index is 1.67. The Hall–Kier alpha value is -1.88. The Bertz CT molecular complexity index is 644. The van der Waals surface area contributed by atoms with Crippen LogP contribution in [-0.2, 0) is 9.59 Å². The number of aryl methyl sites for hydroxylation is 2. The number of carboxylic acid groups (broad SMARTS) is 1. The number of hydrogen-bond donors (Lipinski definition) is 1. The first-order chi connectivity index (χ1) is 12.0. The molecule has 25 heavy (non-hydrogen) atoms. The highest BCUT2D eigenvalue weighted by molar-refractivity contribution is 5.79. The smallest absolute Gasteiger partial charge is 0.325 e. The van der Waals surface area contributed by atoms with Gasteiger partial charge >= 0.3 is 5.97 Å². The highest BCUT2D eigenvalue weighted by Crippen LogP contribution is 2.29. The predicted octanol–water partition coefficient (Wildman–Crippen LogP) is 2.76. The van der Waals surface area contributed by atoms with Gasteiger partial charge in [-0.1, -0.05) is 18.2 Å². The topological polar surface area (TPSA) is 60.9 Å². The fourth-order valence-electron chi connectivity index (χ4n) is 4.04. The molecule has 1 aromatic carbocycles. The number of piperidine rings is 1. The van der Waals surface area contributed by atoms with E-state index in [1.807, 2.05) is 41.8 Å². The summed E-state index contributed by atoms with van der Waals surface area (Å²) in [4.78, 5) is 28.5. The third-order valence-corrected chi connectivity index (χ3v) is 5.74. The minimum atomic E-state index is -0.812. The summed E-state index contributed by atoms with van der Waals surface area (Å²) >= 11 is 0. The van der Waals surface area contributed by atoms with Crippen LogP contribution in [0.1, 0.15) is 48.4 Å². The van der Waals surface area contributed by atoms with Crippen molar-refractivity contribution in [2.75, 3.05) is 26.2 Å². The van der Waals surface area contributed by atoms with Crippen molar-refractivity contribution >= 4 is 11.9 Å². The molecule has 5 nitrogen and oxygen atoms in total. The minimum Gasteiger partial charge on any atom is -0.480 e. The molecule has 0 saturated carbocycles. The lowest BCUT2D eigenvalue weighted by Gasteiger charge is -2.36. The average Bonchev–Trinajstić information content (AvgIpc) is 3.12. The lowest BCUT2D eigenvalue weighted by molar-refractivity contribution is -0.144. The van der Waals surface area contributed by atoms with Crippen molar-refractivity contribution in [3.63, 3.8) is 0 Å². The number of amides is 1. The summed E-state index contributed by atoms with van der Waals surface area (Å²) in [6, 6.07) is 5.27. The highest BCUT2D eigenvalue weighted by atomic mass is 16.4. The number of hydrogen-bond acceptors (Lipinski definition) is 3. The first-order valence-corrected chi connectivity index (χ1v) is 9.30. The first kappa shape index (κ1) is 17.9. The maximum atomic E-state index is 12.6. The van der Waals surface area contributed by atoms with Crippen LogP contribution in [0.3, 0.4) is 0 Å². The number of benzene rings is 1. The molecule has 0 bridgehead atoms. The lowest BCUT2D eigenvalue weighted by Crippen LogP contribution is -2.44. The van der Waals surface area contributed by atoms with Gasteiger partial charge in [0.1, 0.15) is 6.04 Å². The standard InChI is InChI=1S/C20H28N2O3/c1-14-5-6-17(13-15(14)2)18(20(24)25)21-11-7-16(8-12-21)19(23)22-9-3-4-10-22/h5-6,13,16,18H,3-4,7-12H2,1-2H3,(H,24,25)/t18-/m1/s1. The van der Waals surface area contributed by atoms with E-state index in [-0.39, 0.29) is 11.8 Å². The third-order valence-electron chi connectivity index (χ3n) is 5.74. The van der Waals surface area contributed by atoms with Gasteiger partial charge in [-0.05, 0) is 56.2 Å². The summed E-state index contributed by atoms with van der Waals surface area (Å²) in [5.41, 5.74) is 3.12. The normalized spacial score (nSPS) is 20.6. The summed E-state index contributed by atoms with van der Waals surface area (Å²) in [6.07, 6.45) is 3.73. The first-order valence-electron chi connectivity index (χ1n) is 9.30. The largest absolute Gasteiger partial charge is 0.480 e. The molecule has 0 aliphatic carbocycles. The van der Waals surface area contributed by atoms with E-state index >= 15 is 0 Å². The van der Waals surface area contributed by atoms with Crippen LogP contribution in [0.4, 0.5) is 0 Å². The fourth-order valence-corrected chi connectivity index (χ4v) is 4.04. The lowest BCUT2D eigenvalue weighted by atomic mass is 9.92. The van der Waals surface area contributed by atoms with Crippen molar-refractivity contribution in [2.45, 2.75) is 45.6 Å². The fraction of sp³-hybridized carbons (Fsp3) is 0.600. The Morgan fingerprint density at radius 2 is 1.68 bits per heavy atom. The molecule has 2 heterocycles. The van der Waals surface area contributed by atoms with E-state index in [0.29, 0.717) is 13.1 Å². The van der Waals surface area contributed by atoms with Crippen LogP contribution in [0, 0.1) is 19.8 Å². The van der Waals surface area contributed by atoms with Gasteiger partial charge < -0.3 is 10.0 Å². The maximum absolute atomic E-state index is 12.6. The van der Waals surface area contributed by atoms with Gasteiger partial charge in [0.25, 0.3) is 0 Å². The second-order valence-electron chi connectivity index (χ2n) is 7.43. The molecule has 3 rings (SSSR count). The van der Waals surface area contributed by atoms with Crippen LogP contribution in [0.2, 0.25) is 0 Å². The second-order valence-corrected chi connectivity index (χ2v) is 7.43. The molecule has 1 amide bonds. The quantitative estimate of drug-likeness (QED) is 0.912. The van der Waals surface area contributed by atoms with Crippen molar-refractivity contribution in [1.29, 1.82) is 0 Å². The van der Waals surface area contributed by atoms with Crippen LogP contribution in [0.15, 0.2) is 18.2 Å². The monoisotopic (exact) mass is 344 g/mol. The summed E-state index contributed by atoms with van der Waals surface area (Å²) in [5, 5.41) is 9.77. The molecule has 1 N–H and O–H groups in total. The Morgan fingerprint density at radius 3 is 2.24 bits per heavy atom. The van der Waals surface area contributed by atoms with Crippen LogP contribution in [0.5, 0.6) is 0 Å². The van der Waals surface area contributed by atoms with Crippen molar-refractivity contribution in [3.05, 3.63) is 34.9 Å². The molecule has 0 spiro atoms. The predicted molar refractivity (Wildman–Crippen MR) is 96.4 cm³/mol. The molecule has 0 aromatic heterocycles. The molecule has 5 heteroatoms. The number of carbonyl (C=O) groups excluding carboxylic acids is 1. The van der Waals surface area contributed by atoms with Gasteiger partial charge in [-0.3, -0.25) is 14.5 Å². The average molecular weight is 344 g/mol. The zero-order valence-corrected chi connectivity index (χ0v) is 15.2. The summed E-state index contributed by atoms with van der Waals surface area (Å²) in [6.45, 7) is 7.14. The van der Waals surface area contributed by atoms with Crippen molar-refractivity contribution in [3.8, 4) is 0 Å². The van der Waals surface area contributed by atoms with Crippen LogP contribution in [0.25, 0.3) is 0 Å². The molecule has 2 fully saturated rings. The Labute approximate surface area is 149 Å². The second kappa shape index (κ2) is 7.56. The number of nitrogens with zero attached hydrogens (tertiary/aromatic N) is 2. The SMILES string of the molecule is Cc1ccc([C@H](C(=O)O)N2CCC(C(=O)N3CCCC3)CC2)cc1C. The van der Waals surface area contributed by atoms with E-state index in [2.05, 4.69) is 0 Å². The molecule has 2 aliphatic heterocycles. The van der Waals surface area contributed by atoms with Gasteiger partial charge in [0.05, 0.1) is 0 Å². The summed E-state index contributed by atoms with van der Waals surface area (Å²) < 4.78 is 0. The summed E-state index contributed by atoms with van der Waals surface area (Å²) in [7, 11) is 0. The van der Waals surface area contributed by atoms with E-state index in [1.165, 1.54) is 5.56 Å². The zero-order chi connectivity index (χ0) is 18.0. The van der Waals surface area contributed by atoms with Crippen molar-refractivity contribution in [1.82, 2.24) is 9.80 Å². The van der Waals surface area contributed by atoms with Crippen LogP contribution < -0.4 is 0 Å². The van der Waals surface area contributed by atoms with Crippen LogP contribution in [-0.4, -0.2) is 53.0 Å². The maximum Gasteiger partial charge on any atom is 0.325 e. The van der Waals surface area contributed by atoms with Crippen molar-refractivity contribution < 1.29 is 14.7 Å². The van der Waals surface area contributed by atoms with Gasteiger partial charge in [0.2, 0.25) is 5.91 Å². The molecule has 0 unspecified atom stereocenters. The molecular formula is C20H28N2O3. The molecule has 136 valence electrons. The number of rotatable bonds is 4. The summed E-state index contributed by atoms with van der Waals surface area (Å²) in [5.74, 6) is -0.480. The number of carbonyl (C=O) groups is 2. The zero-order valence-electron chi connectivity index (χ0n) is 15.2. The third kappa shape index (κ3) is 3.87. The minimum absolute atomic E-state index is 0.0588. The molecule has 2 saturated heterocycles. The highest BCUT2D eigenvalue weighted by Gasteiger charge is 2.35. The van der Waals surface area contributed by atoms with E-state index in [4.69, 9.17) is 0 Å². The van der Waals surface area contributed by atoms with Gasteiger partial charge in [-0.15, -0.1) is 0 Å². The van der Waals surface area contributed by atoms with Gasteiger partial charge in [-0.25, -0.2) is 0 Å². The Morgan fingerprint density at radius 1 is 1.04 bits per heavy atom. The van der Waals surface area contributed by atoms with E-state index in [0.717, 1.165) is 49.9 Å². The van der Waals surface area contributed by atoms with Gasteiger partial charge in [0, 0.05) is 32.1 Å². The van der Waals surface area contributed by atoms with E-state index in [1.54, 1.807) is 0 Å². The van der Waals surface area contributed by atoms with Gasteiger partial charge in [-0.2, -0.15) is 0 Å². The number of aliphatic carboxylic acids is 1. The molecule has 1 aromatic rings. The van der Waals surface area contributed by atoms with E-state index < -0.39 is 12.0 Å².